The summed E-state index contributed by atoms with van der Waals surface area (Å²) in [5, 5.41) is 8.69. The lowest BCUT2D eigenvalue weighted by Crippen LogP contribution is -1.92. The Morgan fingerprint density at radius 2 is 1.55 bits per heavy atom. The van der Waals surface area contributed by atoms with Crippen LogP contribution in [0.25, 0.3) is 0 Å². The number of benzene rings is 2. The minimum atomic E-state index is -0.606. The van der Waals surface area contributed by atoms with Crippen LogP contribution in [0.1, 0.15) is 5.56 Å². The number of ether oxygens (including phenoxy) is 3. The standard InChI is InChI=1S/C15H12FNO3/c1-18-11-6-12(19-2)8-13(7-11)20-15-4-3-10(9-17)5-14(15)16/h3-8H,1-2H3. The van der Waals surface area contributed by atoms with Crippen LogP contribution in [0.3, 0.4) is 0 Å². The molecule has 0 aliphatic heterocycles. The zero-order valence-corrected chi connectivity index (χ0v) is 11.0. The van der Waals surface area contributed by atoms with E-state index in [1.54, 1.807) is 18.2 Å². The van der Waals surface area contributed by atoms with Crippen molar-refractivity contribution >= 4 is 0 Å². The van der Waals surface area contributed by atoms with Gasteiger partial charge in [-0.25, -0.2) is 4.39 Å². The van der Waals surface area contributed by atoms with Crippen LogP contribution in [-0.4, -0.2) is 14.2 Å². The molecule has 0 bridgehead atoms. The fourth-order valence-electron chi connectivity index (χ4n) is 1.62. The summed E-state index contributed by atoms with van der Waals surface area (Å²) < 4.78 is 29.4. The van der Waals surface area contributed by atoms with Gasteiger partial charge in [0.15, 0.2) is 11.6 Å². The summed E-state index contributed by atoms with van der Waals surface area (Å²) in [7, 11) is 3.03. The van der Waals surface area contributed by atoms with Crippen molar-refractivity contribution in [2.75, 3.05) is 14.2 Å². The Morgan fingerprint density at radius 3 is 2.05 bits per heavy atom. The minimum absolute atomic E-state index is 0.0271. The highest BCUT2D eigenvalue weighted by molar-refractivity contribution is 5.45. The topological polar surface area (TPSA) is 51.5 Å². The molecular weight excluding hydrogens is 261 g/mol. The average Bonchev–Trinajstić information content (AvgIpc) is 2.48. The Kier molecular flexibility index (Phi) is 4.06. The molecule has 4 nitrogen and oxygen atoms in total. The molecule has 0 heterocycles. The number of methoxy groups -OCH3 is 2. The first kappa shape index (κ1) is 13.7. The molecule has 102 valence electrons. The molecule has 0 saturated carbocycles. The average molecular weight is 273 g/mol. The van der Waals surface area contributed by atoms with E-state index in [4.69, 9.17) is 19.5 Å². The van der Waals surface area contributed by atoms with Crippen LogP contribution >= 0.6 is 0 Å². The van der Waals surface area contributed by atoms with Crippen molar-refractivity contribution in [3.63, 3.8) is 0 Å². The van der Waals surface area contributed by atoms with E-state index in [2.05, 4.69) is 0 Å². The Labute approximate surface area is 115 Å². The highest BCUT2D eigenvalue weighted by Gasteiger charge is 2.08. The van der Waals surface area contributed by atoms with Crippen molar-refractivity contribution < 1.29 is 18.6 Å². The maximum Gasteiger partial charge on any atom is 0.167 e. The number of nitriles is 1. The van der Waals surface area contributed by atoms with Gasteiger partial charge in [0.1, 0.15) is 17.2 Å². The number of rotatable bonds is 4. The van der Waals surface area contributed by atoms with Gasteiger partial charge in [-0.3, -0.25) is 0 Å². The van der Waals surface area contributed by atoms with Crippen LogP contribution in [0.15, 0.2) is 36.4 Å². The fourth-order valence-corrected chi connectivity index (χ4v) is 1.62. The molecular formula is C15H12FNO3. The largest absolute Gasteiger partial charge is 0.496 e. The molecule has 2 aromatic carbocycles. The van der Waals surface area contributed by atoms with E-state index in [1.165, 1.54) is 26.4 Å². The SMILES string of the molecule is COc1cc(OC)cc(Oc2ccc(C#N)cc2F)c1. The molecule has 0 spiro atoms. The monoisotopic (exact) mass is 273 g/mol. The second kappa shape index (κ2) is 5.93. The Hall–Kier alpha value is -2.74. The molecule has 0 aromatic heterocycles. The Balaban J connectivity index is 2.32. The predicted molar refractivity (Wildman–Crippen MR) is 70.7 cm³/mol. The number of halogens is 1. The van der Waals surface area contributed by atoms with Crippen molar-refractivity contribution in [1.29, 1.82) is 5.26 Å². The van der Waals surface area contributed by atoms with E-state index < -0.39 is 5.82 Å². The smallest absolute Gasteiger partial charge is 0.167 e. The first-order valence-corrected chi connectivity index (χ1v) is 5.77. The van der Waals surface area contributed by atoms with Crippen molar-refractivity contribution in [2.45, 2.75) is 0 Å². The van der Waals surface area contributed by atoms with Gasteiger partial charge in [-0.15, -0.1) is 0 Å². The molecule has 0 unspecified atom stereocenters. The minimum Gasteiger partial charge on any atom is -0.496 e. The molecule has 0 atom stereocenters. The molecule has 20 heavy (non-hydrogen) atoms. The Bertz CT molecular complexity index is 642. The second-order valence-corrected chi connectivity index (χ2v) is 3.91. The van der Waals surface area contributed by atoms with Gasteiger partial charge in [0, 0.05) is 18.2 Å². The molecule has 0 fully saturated rings. The van der Waals surface area contributed by atoms with Gasteiger partial charge >= 0.3 is 0 Å². The third kappa shape index (κ3) is 2.98. The summed E-state index contributed by atoms with van der Waals surface area (Å²) in [6, 6.07) is 10.8. The van der Waals surface area contributed by atoms with Crippen LogP contribution in [0.5, 0.6) is 23.0 Å². The van der Waals surface area contributed by atoms with E-state index in [-0.39, 0.29) is 11.3 Å². The lowest BCUT2D eigenvalue weighted by Gasteiger charge is -2.10. The zero-order valence-electron chi connectivity index (χ0n) is 11.0. The second-order valence-electron chi connectivity index (χ2n) is 3.91. The normalized spacial score (nSPS) is 9.70. The predicted octanol–water partition coefficient (Wildman–Crippen LogP) is 3.51. The van der Waals surface area contributed by atoms with E-state index in [0.717, 1.165) is 6.07 Å². The Morgan fingerprint density at radius 1 is 0.950 bits per heavy atom. The van der Waals surface area contributed by atoms with Gasteiger partial charge in [0.25, 0.3) is 0 Å². The van der Waals surface area contributed by atoms with Gasteiger partial charge in [0.2, 0.25) is 0 Å². The molecule has 0 radical (unpaired) electrons. The number of nitrogens with zero attached hydrogens (tertiary/aromatic N) is 1. The van der Waals surface area contributed by atoms with E-state index >= 15 is 0 Å². The molecule has 0 aliphatic carbocycles. The quantitative estimate of drug-likeness (QED) is 0.855. The van der Waals surface area contributed by atoms with Crippen LogP contribution < -0.4 is 14.2 Å². The van der Waals surface area contributed by atoms with Gasteiger partial charge in [-0.05, 0) is 18.2 Å². The van der Waals surface area contributed by atoms with E-state index in [9.17, 15) is 4.39 Å². The van der Waals surface area contributed by atoms with Crippen LogP contribution in [0.2, 0.25) is 0 Å². The van der Waals surface area contributed by atoms with Crippen LogP contribution in [-0.2, 0) is 0 Å². The first-order valence-electron chi connectivity index (χ1n) is 5.77. The van der Waals surface area contributed by atoms with Crippen molar-refractivity contribution in [3.05, 3.63) is 47.8 Å². The van der Waals surface area contributed by atoms with Gasteiger partial charge < -0.3 is 14.2 Å². The summed E-state index contributed by atoms with van der Waals surface area (Å²) >= 11 is 0. The zero-order chi connectivity index (χ0) is 14.5. The molecule has 0 amide bonds. The van der Waals surface area contributed by atoms with Crippen LogP contribution in [0, 0.1) is 17.1 Å². The molecule has 0 saturated heterocycles. The van der Waals surface area contributed by atoms with Gasteiger partial charge in [-0.2, -0.15) is 5.26 Å². The van der Waals surface area contributed by atoms with Gasteiger partial charge in [-0.1, -0.05) is 0 Å². The summed E-state index contributed by atoms with van der Waals surface area (Å²) in [5.74, 6) is 0.872. The first-order chi connectivity index (χ1) is 9.66. The van der Waals surface area contributed by atoms with Gasteiger partial charge in [0.05, 0.1) is 25.9 Å². The summed E-state index contributed by atoms with van der Waals surface area (Å²) in [6.07, 6.45) is 0. The molecule has 2 rings (SSSR count). The van der Waals surface area contributed by atoms with Crippen molar-refractivity contribution in [3.8, 4) is 29.1 Å². The fraction of sp³-hybridized carbons (Fsp3) is 0.133. The lowest BCUT2D eigenvalue weighted by atomic mass is 10.2. The van der Waals surface area contributed by atoms with Crippen LogP contribution in [0.4, 0.5) is 4.39 Å². The number of hydrogen-bond acceptors (Lipinski definition) is 4. The van der Waals surface area contributed by atoms with Crippen molar-refractivity contribution in [2.24, 2.45) is 0 Å². The molecule has 0 N–H and O–H groups in total. The summed E-state index contributed by atoms with van der Waals surface area (Å²) in [4.78, 5) is 0. The highest BCUT2D eigenvalue weighted by atomic mass is 19.1. The maximum atomic E-state index is 13.7. The van der Waals surface area contributed by atoms with E-state index in [1.807, 2.05) is 6.07 Å². The lowest BCUT2D eigenvalue weighted by molar-refractivity contribution is 0.383. The maximum absolute atomic E-state index is 13.7. The highest BCUT2D eigenvalue weighted by Crippen LogP contribution is 2.32. The van der Waals surface area contributed by atoms with E-state index in [0.29, 0.717) is 17.2 Å². The molecule has 2 aromatic rings. The van der Waals surface area contributed by atoms with Crippen molar-refractivity contribution in [1.82, 2.24) is 0 Å². The molecule has 0 aliphatic rings. The third-order valence-electron chi connectivity index (χ3n) is 2.61. The third-order valence-corrected chi connectivity index (χ3v) is 2.61. The molecule has 5 heteroatoms. The summed E-state index contributed by atoms with van der Waals surface area (Å²) in [6.45, 7) is 0. The summed E-state index contributed by atoms with van der Waals surface area (Å²) in [5.41, 5.74) is 0.234. The number of hydrogen-bond donors (Lipinski definition) is 0.